The van der Waals surface area contributed by atoms with Crippen LogP contribution in [0.3, 0.4) is 0 Å². The second-order valence-electron chi connectivity index (χ2n) is 8.14. The molecule has 6 nitrogen and oxygen atoms in total. The number of hydrogen-bond acceptors (Lipinski definition) is 4. The minimum Gasteiger partial charge on any atom is -0.497 e. The summed E-state index contributed by atoms with van der Waals surface area (Å²) in [5.41, 5.74) is 1.74. The van der Waals surface area contributed by atoms with Crippen molar-refractivity contribution in [3.8, 4) is 11.5 Å². The molecule has 0 aromatic heterocycles. The van der Waals surface area contributed by atoms with E-state index in [-0.39, 0.29) is 25.0 Å². The number of amides is 2. The molecule has 174 valence electrons. The monoisotopic (exact) mass is 460 g/mol. The zero-order valence-electron chi connectivity index (χ0n) is 19.5. The van der Waals surface area contributed by atoms with Crippen LogP contribution in [0.25, 0.3) is 0 Å². The summed E-state index contributed by atoms with van der Waals surface area (Å²) in [5, 5.41) is 3.59. The molecule has 1 N–H and O–H groups in total. The lowest BCUT2D eigenvalue weighted by Gasteiger charge is -2.31. The summed E-state index contributed by atoms with van der Waals surface area (Å²) in [6, 6.07) is 12.1. The second kappa shape index (κ2) is 12.3. The molecule has 0 fully saturated rings. The molecule has 2 aromatic carbocycles. The molecule has 0 bridgehead atoms. The summed E-state index contributed by atoms with van der Waals surface area (Å²) >= 11 is 6.07. The lowest BCUT2D eigenvalue weighted by Crippen LogP contribution is -2.50. The molecule has 0 aliphatic heterocycles. The van der Waals surface area contributed by atoms with Crippen molar-refractivity contribution < 1.29 is 19.1 Å². The van der Waals surface area contributed by atoms with Gasteiger partial charge in [-0.05, 0) is 60.7 Å². The van der Waals surface area contributed by atoms with Gasteiger partial charge in [0.1, 0.15) is 17.5 Å². The molecule has 0 aliphatic carbocycles. The Morgan fingerprint density at radius 1 is 1.12 bits per heavy atom. The van der Waals surface area contributed by atoms with Crippen molar-refractivity contribution in [2.75, 3.05) is 20.3 Å². The maximum Gasteiger partial charge on any atom is 0.261 e. The van der Waals surface area contributed by atoms with Gasteiger partial charge in [0.2, 0.25) is 5.91 Å². The van der Waals surface area contributed by atoms with Crippen molar-refractivity contribution in [2.45, 2.75) is 46.7 Å². The summed E-state index contributed by atoms with van der Waals surface area (Å²) in [6.07, 6.45) is 0.486. The molecule has 0 heterocycles. The van der Waals surface area contributed by atoms with Gasteiger partial charge in [-0.3, -0.25) is 9.59 Å². The van der Waals surface area contributed by atoms with Crippen LogP contribution in [0.1, 0.15) is 38.3 Å². The average molecular weight is 461 g/mol. The SMILES string of the molecule is CC[C@H](C(=O)NCC(C)C)N(Cc1cccc(OC)c1)C(=O)COc1ccc(Cl)c(C)c1. The van der Waals surface area contributed by atoms with E-state index in [4.69, 9.17) is 21.1 Å². The van der Waals surface area contributed by atoms with Gasteiger partial charge in [0.05, 0.1) is 7.11 Å². The van der Waals surface area contributed by atoms with E-state index >= 15 is 0 Å². The van der Waals surface area contributed by atoms with Crippen LogP contribution in [0, 0.1) is 12.8 Å². The van der Waals surface area contributed by atoms with E-state index in [1.54, 1.807) is 30.2 Å². The van der Waals surface area contributed by atoms with Gasteiger partial charge in [0, 0.05) is 18.1 Å². The molecule has 0 saturated heterocycles. The highest BCUT2D eigenvalue weighted by molar-refractivity contribution is 6.31. The molecule has 1 atom stereocenters. The number of carbonyl (C=O) groups is 2. The highest BCUT2D eigenvalue weighted by Gasteiger charge is 2.29. The third-order valence-corrected chi connectivity index (χ3v) is 5.47. The van der Waals surface area contributed by atoms with Crippen LogP contribution in [0.15, 0.2) is 42.5 Å². The fourth-order valence-electron chi connectivity index (χ4n) is 3.24. The highest BCUT2D eigenvalue weighted by Crippen LogP contribution is 2.22. The Balaban J connectivity index is 2.22. The van der Waals surface area contributed by atoms with Crippen LogP contribution in [0.5, 0.6) is 11.5 Å². The molecule has 2 amide bonds. The summed E-state index contributed by atoms with van der Waals surface area (Å²) in [4.78, 5) is 27.7. The third kappa shape index (κ3) is 7.45. The van der Waals surface area contributed by atoms with Gasteiger partial charge in [0.15, 0.2) is 6.61 Å². The first-order valence-corrected chi connectivity index (χ1v) is 11.2. The minimum absolute atomic E-state index is 0.167. The van der Waals surface area contributed by atoms with Gasteiger partial charge in [-0.1, -0.05) is 44.5 Å². The lowest BCUT2D eigenvalue weighted by molar-refractivity contribution is -0.143. The number of methoxy groups -OCH3 is 1. The quantitative estimate of drug-likeness (QED) is 0.531. The molecule has 0 spiro atoms. The normalized spacial score (nSPS) is 11.7. The van der Waals surface area contributed by atoms with E-state index < -0.39 is 6.04 Å². The van der Waals surface area contributed by atoms with Crippen molar-refractivity contribution >= 4 is 23.4 Å². The van der Waals surface area contributed by atoms with E-state index in [2.05, 4.69) is 5.32 Å². The van der Waals surface area contributed by atoms with E-state index in [1.807, 2.05) is 52.0 Å². The third-order valence-electron chi connectivity index (χ3n) is 5.05. The molecular formula is C25H33ClN2O4. The van der Waals surface area contributed by atoms with E-state index in [9.17, 15) is 9.59 Å². The number of carbonyl (C=O) groups excluding carboxylic acids is 2. The van der Waals surface area contributed by atoms with Gasteiger partial charge < -0.3 is 19.7 Å². The Morgan fingerprint density at radius 2 is 1.88 bits per heavy atom. The average Bonchev–Trinajstić information content (AvgIpc) is 2.78. The first-order chi connectivity index (χ1) is 15.2. The molecule has 2 aromatic rings. The van der Waals surface area contributed by atoms with E-state index in [1.165, 1.54) is 0 Å². The van der Waals surface area contributed by atoms with Gasteiger partial charge in [-0.2, -0.15) is 0 Å². The van der Waals surface area contributed by atoms with Gasteiger partial charge in [0.25, 0.3) is 5.91 Å². The van der Waals surface area contributed by atoms with Gasteiger partial charge in [-0.15, -0.1) is 0 Å². The van der Waals surface area contributed by atoms with Gasteiger partial charge in [-0.25, -0.2) is 0 Å². The first kappa shape index (κ1) is 25.5. The zero-order chi connectivity index (χ0) is 23.7. The molecule has 7 heteroatoms. The number of hydrogen-bond donors (Lipinski definition) is 1. The predicted molar refractivity (Wildman–Crippen MR) is 127 cm³/mol. The number of nitrogens with one attached hydrogen (secondary N) is 1. The summed E-state index contributed by atoms with van der Waals surface area (Å²) in [6.45, 7) is 8.47. The first-order valence-electron chi connectivity index (χ1n) is 10.8. The Hall–Kier alpha value is -2.73. The number of nitrogens with zero attached hydrogens (tertiary/aromatic N) is 1. The van der Waals surface area contributed by atoms with Crippen LogP contribution in [-0.4, -0.2) is 43.0 Å². The largest absolute Gasteiger partial charge is 0.497 e. The van der Waals surface area contributed by atoms with Crippen LogP contribution in [-0.2, 0) is 16.1 Å². The number of rotatable bonds is 11. The van der Waals surface area contributed by atoms with Crippen molar-refractivity contribution in [3.63, 3.8) is 0 Å². The predicted octanol–water partition coefficient (Wildman–Crippen LogP) is 4.62. The minimum atomic E-state index is -0.608. The maximum absolute atomic E-state index is 13.2. The number of ether oxygens (including phenoxy) is 2. The van der Waals surface area contributed by atoms with Crippen LogP contribution in [0.4, 0.5) is 0 Å². The fraction of sp³-hybridized carbons (Fsp3) is 0.440. The Morgan fingerprint density at radius 3 is 2.50 bits per heavy atom. The number of benzene rings is 2. The molecule has 0 radical (unpaired) electrons. The van der Waals surface area contributed by atoms with Crippen LogP contribution < -0.4 is 14.8 Å². The summed E-state index contributed by atoms with van der Waals surface area (Å²) in [7, 11) is 1.60. The second-order valence-corrected chi connectivity index (χ2v) is 8.54. The smallest absolute Gasteiger partial charge is 0.261 e. The van der Waals surface area contributed by atoms with Crippen molar-refractivity contribution in [1.29, 1.82) is 0 Å². The summed E-state index contributed by atoms with van der Waals surface area (Å²) in [5.74, 6) is 1.13. The summed E-state index contributed by atoms with van der Waals surface area (Å²) < 4.78 is 11.0. The Bertz CT molecular complexity index is 917. The molecule has 0 unspecified atom stereocenters. The van der Waals surface area contributed by atoms with E-state index in [0.717, 1.165) is 11.1 Å². The molecular weight excluding hydrogens is 428 g/mol. The number of halogens is 1. The molecule has 2 rings (SSSR count). The van der Waals surface area contributed by atoms with E-state index in [0.29, 0.717) is 35.4 Å². The Kier molecular flexibility index (Phi) is 9.85. The standard InChI is InChI=1S/C25H33ClN2O4/c1-6-23(25(30)27-14-17(2)3)28(15-19-8-7-9-20(13-19)31-5)24(29)16-32-21-10-11-22(26)18(4)12-21/h7-13,17,23H,6,14-16H2,1-5H3,(H,27,30)/t23-/m1/s1. The highest BCUT2D eigenvalue weighted by atomic mass is 35.5. The molecule has 0 saturated carbocycles. The Labute approximate surface area is 195 Å². The van der Waals surface area contributed by atoms with Crippen LogP contribution >= 0.6 is 11.6 Å². The molecule has 32 heavy (non-hydrogen) atoms. The molecule has 0 aliphatic rings. The van der Waals surface area contributed by atoms with Gasteiger partial charge >= 0.3 is 0 Å². The fourth-order valence-corrected chi connectivity index (χ4v) is 3.36. The topological polar surface area (TPSA) is 67.9 Å². The van der Waals surface area contributed by atoms with Crippen molar-refractivity contribution in [3.05, 3.63) is 58.6 Å². The zero-order valence-corrected chi connectivity index (χ0v) is 20.2. The lowest BCUT2D eigenvalue weighted by atomic mass is 10.1. The number of aryl methyl sites for hydroxylation is 1. The maximum atomic E-state index is 13.2. The van der Waals surface area contributed by atoms with Crippen LogP contribution in [0.2, 0.25) is 5.02 Å². The van der Waals surface area contributed by atoms with Crippen molar-refractivity contribution in [1.82, 2.24) is 10.2 Å². The van der Waals surface area contributed by atoms with Crippen molar-refractivity contribution in [2.24, 2.45) is 5.92 Å².